The van der Waals surface area contributed by atoms with E-state index in [2.05, 4.69) is 0 Å². The predicted octanol–water partition coefficient (Wildman–Crippen LogP) is 2.95. The number of hydrogen-bond donors (Lipinski definition) is 0. The van der Waals surface area contributed by atoms with Crippen LogP contribution in [0.5, 0.6) is 0 Å². The first-order valence-corrected chi connectivity index (χ1v) is 9.80. The summed E-state index contributed by atoms with van der Waals surface area (Å²) in [6.45, 7) is 0. The van der Waals surface area contributed by atoms with Crippen molar-refractivity contribution in [3.63, 3.8) is 0 Å². The van der Waals surface area contributed by atoms with Crippen LogP contribution in [-0.4, -0.2) is 40.6 Å². The molecule has 4 rings (SSSR count). The molecule has 0 N–H and O–H groups in total. The van der Waals surface area contributed by atoms with Crippen molar-refractivity contribution < 1.29 is 23.9 Å². The summed E-state index contributed by atoms with van der Waals surface area (Å²) in [4.78, 5) is 52.0. The SMILES string of the molecule is O=C1CCCC[C@H]1OC(=O)[C@H](Cc1ccccc1)N1C(=O)c2ccccc2C1=O. The molecule has 2 aromatic carbocycles. The fourth-order valence-corrected chi connectivity index (χ4v) is 3.90. The number of ether oxygens (including phenoxy) is 1. The molecule has 1 aliphatic heterocycles. The Kier molecular flexibility index (Phi) is 5.25. The summed E-state index contributed by atoms with van der Waals surface area (Å²) in [7, 11) is 0. The van der Waals surface area contributed by atoms with Gasteiger partial charge in [0.15, 0.2) is 11.9 Å². The first-order chi connectivity index (χ1) is 14.1. The Bertz CT molecular complexity index is 933. The van der Waals surface area contributed by atoms with Gasteiger partial charge in [-0.25, -0.2) is 4.79 Å². The minimum absolute atomic E-state index is 0.106. The number of carbonyl (C=O) groups excluding carboxylic acids is 4. The van der Waals surface area contributed by atoms with Crippen LogP contribution in [0.25, 0.3) is 0 Å². The third-order valence-corrected chi connectivity index (χ3v) is 5.44. The highest BCUT2D eigenvalue weighted by Crippen LogP contribution is 2.27. The first kappa shape index (κ1) is 19.1. The lowest BCUT2D eigenvalue weighted by atomic mass is 9.96. The number of ketones is 1. The van der Waals surface area contributed by atoms with E-state index in [-0.39, 0.29) is 23.3 Å². The molecule has 0 aromatic heterocycles. The number of nitrogens with zero attached hydrogens (tertiary/aromatic N) is 1. The molecule has 6 heteroatoms. The van der Waals surface area contributed by atoms with E-state index in [0.717, 1.165) is 23.3 Å². The molecule has 2 aliphatic rings. The van der Waals surface area contributed by atoms with Crippen molar-refractivity contribution in [3.8, 4) is 0 Å². The van der Waals surface area contributed by atoms with Crippen LogP contribution in [0.1, 0.15) is 52.0 Å². The van der Waals surface area contributed by atoms with Gasteiger partial charge in [0.05, 0.1) is 11.1 Å². The number of esters is 1. The summed E-state index contributed by atoms with van der Waals surface area (Å²) in [5, 5.41) is 0. The van der Waals surface area contributed by atoms with E-state index in [1.807, 2.05) is 30.3 Å². The Balaban J connectivity index is 1.64. The van der Waals surface area contributed by atoms with Crippen molar-refractivity contribution in [1.29, 1.82) is 0 Å². The molecule has 2 amide bonds. The fourth-order valence-electron chi connectivity index (χ4n) is 3.90. The summed E-state index contributed by atoms with van der Waals surface area (Å²) in [5.74, 6) is -1.86. The topological polar surface area (TPSA) is 80.8 Å². The van der Waals surface area contributed by atoms with Gasteiger partial charge in [-0.3, -0.25) is 19.3 Å². The fraction of sp³-hybridized carbons (Fsp3) is 0.304. The van der Waals surface area contributed by atoms with Gasteiger partial charge in [0.1, 0.15) is 6.04 Å². The highest BCUT2D eigenvalue weighted by molar-refractivity contribution is 6.22. The van der Waals surface area contributed by atoms with Crippen LogP contribution in [0.3, 0.4) is 0 Å². The van der Waals surface area contributed by atoms with Crippen LogP contribution in [0.15, 0.2) is 54.6 Å². The molecule has 2 atom stereocenters. The highest BCUT2D eigenvalue weighted by Gasteiger charge is 2.44. The Morgan fingerprint density at radius 1 is 0.931 bits per heavy atom. The standard InChI is InChI=1S/C23H21NO5/c25-19-12-6-7-13-20(19)29-23(28)18(14-15-8-2-1-3-9-15)24-21(26)16-10-4-5-11-17(16)22(24)27/h1-5,8-11,18,20H,6-7,12-14H2/t18-,20+/m0/s1. The van der Waals surface area contributed by atoms with Crippen molar-refractivity contribution in [2.45, 2.75) is 44.2 Å². The van der Waals surface area contributed by atoms with Crippen LogP contribution in [0.4, 0.5) is 0 Å². The van der Waals surface area contributed by atoms with Gasteiger partial charge in [0.2, 0.25) is 0 Å². The smallest absolute Gasteiger partial charge is 0.330 e. The number of rotatable bonds is 5. The van der Waals surface area contributed by atoms with Crippen LogP contribution in [0.2, 0.25) is 0 Å². The maximum Gasteiger partial charge on any atom is 0.330 e. The average Bonchev–Trinajstić information content (AvgIpc) is 2.99. The number of carbonyl (C=O) groups is 4. The first-order valence-electron chi connectivity index (χ1n) is 9.80. The van der Waals surface area contributed by atoms with E-state index in [9.17, 15) is 19.2 Å². The number of fused-ring (bicyclic) bond motifs is 1. The van der Waals surface area contributed by atoms with Crippen LogP contribution in [-0.2, 0) is 20.7 Å². The van der Waals surface area contributed by atoms with Crippen molar-refractivity contribution in [2.24, 2.45) is 0 Å². The van der Waals surface area contributed by atoms with Crippen LogP contribution in [0, 0.1) is 0 Å². The third-order valence-electron chi connectivity index (χ3n) is 5.44. The van der Waals surface area contributed by atoms with Gasteiger partial charge >= 0.3 is 5.97 Å². The maximum atomic E-state index is 13.1. The van der Waals surface area contributed by atoms with Crippen molar-refractivity contribution in [1.82, 2.24) is 4.90 Å². The predicted molar refractivity (Wildman–Crippen MR) is 104 cm³/mol. The number of Topliss-reactive ketones (excluding diaryl/α,β-unsaturated/α-hetero) is 1. The van der Waals surface area contributed by atoms with Crippen molar-refractivity contribution in [3.05, 3.63) is 71.3 Å². The Morgan fingerprint density at radius 2 is 1.55 bits per heavy atom. The van der Waals surface area contributed by atoms with Gasteiger partial charge in [-0.05, 0) is 37.0 Å². The lowest BCUT2D eigenvalue weighted by Crippen LogP contribution is -2.48. The second-order valence-corrected chi connectivity index (χ2v) is 7.37. The van der Waals surface area contributed by atoms with Gasteiger partial charge < -0.3 is 4.74 Å². The molecule has 0 saturated heterocycles. The Labute approximate surface area is 168 Å². The molecule has 148 valence electrons. The summed E-state index contributed by atoms with van der Waals surface area (Å²) in [5.41, 5.74) is 1.34. The number of hydrogen-bond acceptors (Lipinski definition) is 5. The van der Waals surface area contributed by atoms with Crippen LogP contribution < -0.4 is 0 Å². The third kappa shape index (κ3) is 3.70. The van der Waals surface area contributed by atoms with E-state index in [4.69, 9.17) is 4.74 Å². The molecule has 6 nitrogen and oxygen atoms in total. The lowest BCUT2D eigenvalue weighted by molar-refractivity contribution is -0.160. The molecule has 0 unspecified atom stereocenters. The summed E-state index contributed by atoms with van der Waals surface area (Å²) >= 11 is 0. The quantitative estimate of drug-likeness (QED) is 0.578. The zero-order chi connectivity index (χ0) is 20.4. The number of amides is 2. The normalized spacial score (nSPS) is 19.8. The van der Waals surface area contributed by atoms with Gasteiger partial charge in [0, 0.05) is 12.8 Å². The van der Waals surface area contributed by atoms with Gasteiger partial charge in [-0.1, -0.05) is 42.5 Å². The molecule has 1 aliphatic carbocycles. The molecule has 1 heterocycles. The van der Waals surface area contributed by atoms with E-state index < -0.39 is 29.9 Å². The molecule has 0 bridgehead atoms. The summed E-state index contributed by atoms with van der Waals surface area (Å²) < 4.78 is 5.51. The van der Waals surface area contributed by atoms with Gasteiger partial charge in [0.25, 0.3) is 11.8 Å². The second kappa shape index (κ2) is 7.99. The molecule has 0 spiro atoms. The molecule has 0 radical (unpaired) electrons. The Morgan fingerprint density at radius 3 is 2.17 bits per heavy atom. The van der Waals surface area contributed by atoms with E-state index in [1.54, 1.807) is 24.3 Å². The largest absolute Gasteiger partial charge is 0.453 e. The second-order valence-electron chi connectivity index (χ2n) is 7.37. The average molecular weight is 391 g/mol. The lowest BCUT2D eigenvalue weighted by Gasteiger charge is -2.28. The minimum atomic E-state index is -1.13. The zero-order valence-corrected chi connectivity index (χ0v) is 15.9. The van der Waals surface area contributed by atoms with Crippen molar-refractivity contribution in [2.75, 3.05) is 0 Å². The number of imide groups is 1. The Hall–Kier alpha value is -3.28. The molecule has 1 fully saturated rings. The molecular weight excluding hydrogens is 370 g/mol. The molecule has 1 saturated carbocycles. The van der Waals surface area contributed by atoms with Crippen molar-refractivity contribution >= 4 is 23.6 Å². The van der Waals surface area contributed by atoms with E-state index in [1.165, 1.54) is 0 Å². The molecule has 29 heavy (non-hydrogen) atoms. The maximum absolute atomic E-state index is 13.1. The van der Waals surface area contributed by atoms with Gasteiger partial charge in [-0.2, -0.15) is 0 Å². The minimum Gasteiger partial charge on any atom is -0.453 e. The monoisotopic (exact) mass is 391 g/mol. The van der Waals surface area contributed by atoms with E-state index >= 15 is 0 Å². The number of benzene rings is 2. The molecular formula is C23H21NO5. The highest BCUT2D eigenvalue weighted by atomic mass is 16.5. The summed E-state index contributed by atoms with van der Waals surface area (Å²) in [6, 6.07) is 14.5. The van der Waals surface area contributed by atoms with Crippen LogP contribution >= 0.6 is 0 Å². The van der Waals surface area contributed by atoms with Gasteiger partial charge in [-0.15, -0.1) is 0 Å². The molecule has 2 aromatic rings. The zero-order valence-electron chi connectivity index (χ0n) is 15.9. The summed E-state index contributed by atoms with van der Waals surface area (Å²) in [6.07, 6.45) is 1.79. The van der Waals surface area contributed by atoms with E-state index in [0.29, 0.717) is 12.8 Å².